The highest BCUT2D eigenvalue weighted by atomic mass is 35.5. The predicted molar refractivity (Wildman–Crippen MR) is 87.8 cm³/mol. The van der Waals surface area contributed by atoms with Crippen LogP contribution in [-0.2, 0) is 11.2 Å². The van der Waals surface area contributed by atoms with Crippen LogP contribution < -0.4 is 5.32 Å². The lowest BCUT2D eigenvalue weighted by Gasteiger charge is -2.38. The lowest BCUT2D eigenvalue weighted by Crippen LogP contribution is -2.41. The molecule has 3 rings (SSSR count). The van der Waals surface area contributed by atoms with Crippen molar-refractivity contribution in [2.24, 2.45) is 17.3 Å². The van der Waals surface area contributed by atoms with Crippen LogP contribution in [0, 0.1) is 17.3 Å². The average Bonchev–Trinajstić information content (AvgIpc) is 3.07. The monoisotopic (exact) mass is 307 g/mol. The Morgan fingerprint density at radius 1 is 1.29 bits per heavy atom. The highest BCUT2D eigenvalue weighted by Gasteiger charge is 2.50. The second-order valence-corrected chi connectivity index (χ2v) is 7.35. The third kappa shape index (κ3) is 3.44. The van der Waals surface area contributed by atoms with Crippen molar-refractivity contribution in [3.63, 3.8) is 0 Å². The second kappa shape index (κ2) is 6.68. The minimum atomic E-state index is 0.449. The predicted octanol–water partition coefficient (Wildman–Crippen LogP) is 3.92. The molecule has 0 spiro atoms. The molecule has 3 atom stereocenters. The molecule has 0 amide bonds. The molecule has 0 heterocycles. The Balaban J connectivity index is 1.69. The van der Waals surface area contributed by atoms with Crippen molar-refractivity contribution in [3.05, 3.63) is 34.9 Å². The van der Waals surface area contributed by atoms with Crippen molar-refractivity contribution in [2.75, 3.05) is 26.8 Å². The van der Waals surface area contributed by atoms with Crippen molar-refractivity contribution < 1.29 is 4.74 Å². The molecule has 2 saturated carbocycles. The molecule has 2 aliphatic rings. The lowest BCUT2D eigenvalue weighted by atomic mass is 9.69. The van der Waals surface area contributed by atoms with Gasteiger partial charge in [-0.3, -0.25) is 0 Å². The molecule has 3 unspecified atom stereocenters. The fraction of sp³-hybridized carbons (Fsp3) is 0.667. The Kier molecular flexibility index (Phi) is 4.88. The van der Waals surface area contributed by atoms with Gasteiger partial charge in [0.2, 0.25) is 0 Å². The standard InChI is InChI=1S/C18H26ClNO/c1-21-9-8-20-13-18(12-15-2-5-16(18)10-15)11-14-3-6-17(19)7-4-14/h3-4,6-7,15-16,20H,2,5,8-13H2,1H3. The van der Waals surface area contributed by atoms with Gasteiger partial charge < -0.3 is 10.1 Å². The van der Waals surface area contributed by atoms with Crippen LogP contribution in [-0.4, -0.2) is 26.8 Å². The maximum absolute atomic E-state index is 6.02. The summed E-state index contributed by atoms with van der Waals surface area (Å²) in [4.78, 5) is 0. The molecule has 1 aromatic rings. The van der Waals surface area contributed by atoms with Gasteiger partial charge in [0.05, 0.1) is 6.61 Å². The van der Waals surface area contributed by atoms with Crippen molar-refractivity contribution in [1.29, 1.82) is 0 Å². The van der Waals surface area contributed by atoms with E-state index in [1.807, 2.05) is 12.1 Å². The van der Waals surface area contributed by atoms with Crippen LogP contribution in [0.5, 0.6) is 0 Å². The molecule has 2 nitrogen and oxygen atoms in total. The number of halogens is 1. The summed E-state index contributed by atoms with van der Waals surface area (Å²) in [6.45, 7) is 2.88. The Labute approximate surface area is 133 Å². The SMILES string of the molecule is COCCNCC1(Cc2ccc(Cl)cc2)CC2CCC1C2. The quantitative estimate of drug-likeness (QED) is 0.771. The van der Waals surface area contributed by atoms with Gasteiger partial charge in [0.15, 0.2) is 0 Å². The van der Waals surface area contributed by atoms with Crippen molar-refractivity contribution in [3.8, 4) is 0 Å². The zero-order chi connectivity index (χ0) is 14.7. The van der Waals surface area contributed by atoms with E-state index in [9.17, 15) is 0 Å². The maximum atomic E-state index is 6.02. The zero-order valence-electron chi connectivity index (χ0n) is 12.9. The van der Waals surface area contributed by atoms with Crippen molar-refractivity contribution in [2.45, 2.75) is 32.1 Å². The first-order valence-corrected chi connectivity index (χ1v) is 8.54. The molecule has 0 aromatic heterocycles. The third-order valence-corrected chi connectivity index (χ3v) is 5.78. The first-order valence-electron chi connectivity index (χ1n) is 8.16. The van der Waals surface area contributed by atoms with E-state index in [-0.39, 0.29) is 0 Å². The Morgan fingerprint density at radius 3 is 2.71 bits per heavy atom. The van der Waals surface area contributed by atoms with Gasteiger partial charge >= 0.3 is 0 Å². The van der Waals surface area contributed by atoms with Crippen LogP contribution in [0.2, 0.25) is 5.02 Å². The van der Waals surface area contributed by atoms with Crippen LogP contribution in [0.3, 0.4) is 0 Å². The average molecular weight is 308 g/mol. The number of rotatable bonds is 7. The molecule has 2 aliphatic carbocycles. The smallest absolute Gasteiger partial charge is 0.0587 e. The van der Waals surface area contributed by atoms with E-state index in [1.54, 1.807) is 7.11 Å². The minimum absolute atomic E-state index is 0.449. The number of hydrogen-bond donors (Lipinski definition) is 1. The summed E-state index contributed by atoms with van der Waals surface area (Å²) in [7, 11) is 1.77. The van der Waals surface area contributed by atoms with Gasteiger partial charge in [-0.05, 0) is 60.6 Å². The molecule has 1 N–H and O–H groups in total. The zero-order valence-corrected chi connectivity index (χ0v) is 13.7. The van der Waals surface area contributed by atoms with Gasteiger partial charge in [-0.25, -0.2) is 0 Å². The molecule has 0 aliphatic heterocycles. The first kappa shape index (κ1) is 15.3. The van der Waals surface area contributed by atoms with E-state index < -0.39 is 0 Å². The Morgan fingerprint density at radius 2 is 2.10 bits per heavy atom. The summed E-state index contributed by atoms with van der Waals surface area (Å²) in [6.07, 6.45) is 6.89. The van der Waals surface area contributed by atoms with Crippen molar-refractivity contribution >= 4 is 11.6 Å². The molecular formula is C18H26ClNO. The van der Waals surface area contributed by atoms with E-state index in [4.69, 9.17) is 16.3 Å². The summed E-state index contributed by atoms with van der Waals surface area (Å²) >= 11 is 6.02. The van der Waals surface area contributed by atoms with Gasteiger partial charge in [0.1, 0.15) is 0 Å². The molecule has 0 radical (unpaired) electrons. The normalized spacial score (nSPS) is 31.0. The maximum Gasteiger partial charge on any atom is 0.0587 e. The second-order valence-electron chi connectivity index (χ2n) is 6.92. The Hall–Kier alpha value is -0.570. The van der Waals surface area contributed by atoms with Crippen LogP contribution in [0.1, 0.15) is 31.2 Å². The number of fused-ring (bicyclic) bond motifs is 2. The van der Waals surface area contributed by atoms with E-state index >= 15 is 0 Å². The van der Waals surface area contributed by atoms with Gasteiger partial charge in [0, 0.05) is 25.2 Å². The molecular weight excluding hydrogens is 282 g/mol. The summed E-state index contributed by atoms with van der Waals surface area (Å²) < 4.78 is 5.16. The topological polar surface area (TPSA) is 21.3 Å². The molecule has 0 saturated heterocycles. The molecule has 2 bridgehead atoms. The third-order valence-electron chi connectivity index (χ3n) is 5.53. The number of nitrogens with one attached hydrogen (secondary N) is 1. The van der Waals surface area contributed by atoms with E-state index in [2.05, 4.69) is 17.4 Å². The van der Waals surface area contributed by atoms with E-state index in [1.165, 1.54) is 37.7 Å². The minimum Gasteiger partial charge on any atom is -0.383 e. The van der Waals surface area contributed by atoms with E-state index in [0.29, 0.717) is 5.41 Å². The van der Waals surface area contributed by atoms with Crippen molar-refractivity contribution in [1.82, 2.24) is 5.32 Å². The van der Waals surface area contributed by atoms with Gasteiger partial charge in [-0.1, -0.05) is 30.2 Å². The van der Waals surface area contributed by atoms with Crippen LogP contribution in [0.15, 0.2) is 24.3 Å². The summed E-state index contributed by atoms with van der Waals surface area (Å²) in [5, 5.41) is 4.47. The van der Waals surface area contributed by atoms with Crippen LogP contribution in [0.4, 0.5) is 0 Å². The van der Waals surface area contributed by atoms with Gasteiger partial charge in [-0.15, -0.1) is 0 Å². The van der Waals surface area contributed by atoms with Crippen LogP contribution >= 0.6 is 11.6 Å². The first-order chi connectivity index (χ1) is 10.2. The molecule has 3 heteroatoms. The largest absolute Gasteiger partial charge is 0.383 e. The molecule has 1 aromatic carbocycles. The number of methoxy groups -OCH3 is 1. The molecule has 2 fully saturated rings. The number of benzene rings is 1. The summed E-state index contributed by atoms with van der Waals surface area (Å²) in [6, 6.07) is 8.45. The Bertz CT molecular complexity index is 461. The number of hydrogen-bond acceptors (Lipinski definition) is 2. The summed E-state index contributed by atoms with van der Waals surface area (Å²) in [5.41, 5.74) is 1.88. The van der Waals surface area contributed by atoms with E-state index in [0.717, 1.165) is 36.6 Å². The fourth-order valence-corrected chi connectivity index (χ4v) is 4.70. The highest BCUT2D eigenvalue weighted by molar-refractivity contribution is 6.30. The molecule has 21 heavy (non-hydrogen) atoms. The highest BCUT2D eigenvalue weighted by Crippen LogP contribution is 2.57. The summed E-state index contributed by atoms with van der Waals surface area (Å²) in [5.74, 6) is 1.86. The fourth-order valence-electron chi connectivity index (χ4n) is 4.57. The lowest BCUT2D eigenvalue weighted by molar-refractivity contribution is 0.145. The molecule has 116 valence electrons. The number of ether oxygens (including phenoxy) is 1. The van der Waals surface area contributed by atoms with Crippen LogP contribution in [0.25, 0.3) is 0 Å². The van der Waals surface area contributed by atoms with Gasteiger partial charge in [0.25, 0.3) is 0 Å². The van der Waals surface area contributed by atoms with Gasteiger partial charge in [-0.2, -0.15) is 0 Å².